The summed E-state index contributed by atoms with van der Waals surface area (Å²) in [6.45, 7) is 14.8. The monoisotopic (exact) mass is 1080 g/mol. The van der Waals surface area contributed by atoms with E-state index in [2.05, 4.69) is 18.0 Å². The highest BCUT2D eigenvalue weighted by atomic mass is 32.1. The van der Waals surface area contributed by atoms with Gasteiger partial charge < -0.3 is 71.6 Å². The van der Waals surface area contributed by atoms with Crippen molar-refractivity contribution in [1.82, 2.24) is 10.3 Å². The number of carbonyl (C=O) groups excluding carboxylic acids is 3. The highest BCUT2D eigenvalue weighted by Crippen LogP contribution is 2.33. The molecule has 0 fully saturated rings. The molecule has 416 valence electrons. The van der Waals surface area contributed by atoms with Crippen molar-refractivity contribution in [3.63, 3.8) is 0 Å². The quantitative estimate of drug-likeness (QED) is 0.0190. The molecule has 0 bridgehead atoms. The molecule has 2 amide bonds. The normalized spacial score (nSPS) is 11.3. The largest absolute Gasteiger partial charge is 0.444 e. The summed E-state index contributed by atoms with van der Waals surface area (Å²) in [6.07, 6.45) is 0.570. The van der Waals surface area contributed by atoms with Crippen LogP contribution in [0, 0.1) is 0 Å². The maximum atomic E-state index is 13.0. The molecule has 0 unspecified atom stereocenters. The van der Waals surface area contributed by atoms with Crippen molar-refractivity contribution >= 4 is 56.0 Å². The van der Waals surface area contributed by atoms with Gasteiger partial charge in [-0.2, -0.15) is 0 Å². The summed E-state index contributed by atoms with van der Waals surface area (Å²) in [5.41, 5.74) is 3.69. The molecule has 1 heterocycles. The van der Waals surface area contributed by atoms with Gasteiger partial charge in [-0.05, 0) is 64.9 Å². The molecule has 21 heteroatoms. The van der Waals surface area contributed by atoms with Crippen LogP contribution in [0.3, 0.4) is 0 Å². The number of benzene rings is 4. The number of anilines is 1. The Labute approximate surface area is 448 Å². The van der Waals surface area contributed by atoms with Crippen molar-refractivity contribution in [2.24, 2.45) is 0 Å². The predicted octanol–water partition coefficient (Wildman–Crippen LogP) is 6.54. The predicted molar refractivity (Wildman–Crippen MR) is 287 cm³/mol. The molecule has 0 aliphatic carbocycles. The minimum Gasteiger partial charge on any atom is -0.444 e. The fourth-order valence-corrected chi connectivity index (χ4v) is 7.71. The molecule has 5 rings (SSSR count). The third-order valence-corrected chi connectivity index (χ3v) is 11.8. The van der Waals surface area contributed by atoms with E-state index < -0.39 is 12.1 Å². The summed E-state index contributed by atoms with van der Waals surface area (Å²) in [5, 5.41) is 5.65. The lowest BCUT2D eigenvalue weighted by molar-refractivity contribution is -0.128. The second kappa shape index (κ2) is 38.1. The van der Waals surface area contributed by atoms with Gasteiger partial charge in [0, 0.05) is 43.6 Å². The van der Waals surface area contributed by atoms with Crippen LogP contribution in [0.5, 0.6) is 5.75 Å². The molecule has 0 aliphatic rings. The Hall–Kier alpha value is -5.50. The first-order valence-electron chi connectivity index (χ1n) is 25.3. The first kappa shape index (κ1) is 61.4. The number of hydrogen-bond acceptors (Lipinski definition) is 19. The van der Waals surface area contributed by atoms with Crippen LogP contribution in [-0.2, 0) is 73.0 Å². The lowest BCUT2D eigenvalue weighted by atomic mass is 10.1. The van der Waals surface area contributed by atoms with Gasteiger partial charge in [-0.3, -0.25) is 9.69 Å². The van der Waals surface area contributed by atoms with E-state index in [4.69, 9.17) is 71.3 Å². The van der Waals surface area contributed by atoms with Gasteiger partial charge in [-0.15, -0.1) is 11.3 Å². The van der Waals surface area contributed by atoms with Crippen molar-refractivity contribution in [3.8, 4) is 16.3 Å². The first-order valence-corrected chi connectivity index (χ1v) is 26.1. The third-order valence-electron chi connectivity index (χ3n) is 10.7. The molecule has 5 aromatic rings. The van der Waals surface area contributed by atoms with E-state index in [1.54, 1.807) is 44.5 Å². The zero-order chi connectivity index (χ0) is 53.7. The number of hydrogen-bond donors (Lipinski definition) is 1. The lowest BCUT2D eigenvalue weighted by Crippen LogP contribution is -2.27. The Bertz CT molecular complexity index is 2420. The number of aromatic nitrogens is 1. The first-order chi connectivity index (χ1) is 37.3. The second-order valence-corrected chi connectivity index (χ2v) is 17.3. The fraction of sp³-hybridized carbons (Fsp3) is 0.491. The summed E-state index contributed by atoms with van der Waals surface area (Å²) in [5.74, 6) is -0.376. The zero-order valence-electron chi connectivity index (χ0n) is 43.7. The number of esters is 1. The van der Waals surface area contributed by atoms with Gasteiger partial charge in [0.1, 0.15) is 17.4 Å². The smallest absolute Gasteiger partial charge is 0.414 e. The SMILES string of the molecule is C=CC(=O)Oc1ccc(COC(=O)N(C)c2ccc3cc(-c4nc5ccc(C(=O)NCCOCCOCCOCCOCCOCCOCCOCCOCCOCCOCCOCCOC)cc5s4)ccc3c2)cc1. The van der Waals surface area contributed by atoms with Gasteiger partial charge in [0.25, 0.3) is 5.91 Å². The summed E-state index contributed by atoms with van der Waals surface area (Å²) in [7, 11) is 3.29. The molecule has 76 heavy (non-hydrogen) atoms. The van der Waals surface area contributed by atoms with Crippen molar-refractivity contribution in [2.75, 3.05) is 178 Å². The molecule has 0 saturated heterocycles. The third kappa shape index (κ3) is 24.7. The standard InChI is InChI=1S/C55H73N3O17S/c1-4-52(59)75-49-12-5-43(6-13-49)42-74-55(61)58(2)48-11-9-44-39-47(8-7-45(44)40-48)54-57-50-14-10-46(41-51(50)76-54)53(60)56-15-16-63-19-20-65-23-24-67-27-28-69-31-32-71-35-36-73-38-37-72-34-33-70-30-29-68-26-25-66-22-21-64-18-17-62-3/h4-14,39-41H,1,15-38,42H2,2-3H3,(H,56,60). The van der Waals surface area contributed by atoms with Crippen molar-refractivity contribution < 1.29 is 80.7 Å². The molecular formula is C55H73N3O17S. The minimum absolute atomic E-state index is 0.0496. The van der Waals surface area contributed by atoms with Crippen molar-refractivity contribution in [2.45, 2.75) is 6.61 Å². The Morgan fingerprint density at radius 1 is 0.566 bits per heavy atom. The van der Waals surface area contributed by atoms with E-state index in [9.17, 15) is 14.4 Å². The number of methoxy groups -OCH3 is 1. The Morgan fingerprint density at radius 2 is 1.04 bits per heavy atom. The van der Waals surface area contributed by atoms with E-state index in [0.29, 0.717) is 176 Å². The van der Waals surface area contributed by atoms with Gasteiger partial charge in [0.05, 0.1) is 162 Å². The Balaban J connectivity index is 0.802. The summed E-state index contributed by atoms with van der Waals surface area (Å²) in [4.78, 5) is 43.5. The number of fused-ring (bicyclic) bond motifs is 2. The molecule has 20 nitrogen and oxygen atoms in total. The van der Waals surface area contributed by atoms with Gasteiger partial charge in [-0.1, -0.05) is 36.9 Å². The topological polar surface area (TPSA) is 209 Å². The van der Waals surface area contributed by atoms with Crippen molar-refractivity contribution in [1.29, 1.82) is 0 Å². The van der Waals surface area contributed by atoms with Crippen LogP contribution < -0.4 is 15.0 Å². The van der Waals surface area contributed by atoms with Gasteiger partial charge in [0.15, 0.2) is 0 Å². The molecule has 0 saturated carbocycles. The van der Waals surface area contributed by atoms with E-state index in [1.165, 1.54) is 16.2 Å². The number of rotatable bonds is 43. The zero-order valence-corrected chi connectivity index (χ0v) is 44.5. The maximum absolute atomic E-state index is 13.0. The molecule has 0 radical (unpaired) electrons. The van der Waals surface area contributed by atoms with Crippen LogP contribution >= 0.6 is 11.3 Å². The van der Waals surface area contributed by atoms with Crippen LogP contribution in [0.25, 0.3) is 31.6 Å². The highest BCUT2D eigenvalue weighted by Gasteiger charge is 2.15. The summed E-state index contributed by atoms with van der Waals surface area (Å²) in [6, 6.07) is 23.9. The fourth-order valence-electron chi connectivity index (χ4n) is 6.71. The molecule has 0 spiro atoms. The summed E-state index contributed by atoms with van der Waals surface area (Å²) < 4.78 is 76.9. The molecule has 0 atom stereocenters. The number of thiazole rings is 1. The van der Waals surface area contributed by atoms with E-state index in [-0.39, 0.29) is 12.5 Å². The Morgan fingerprint density at radius 3 is 1.54 bits per heavy atom. The van der Waals surface area contributed by atoms with Gasteiger partial charge in [-0.25, -0.2) is 14.6 Å². The average molecular weight is 1080 g/mol. The summed E-state index contributed by atoms with van der Waals surface area (Å²) >= 11 is 1.51. The molecule has 4 aromatic carbocycles. The molecular weight excluding hydrogens is 1010 g/mol. The molecule has 0 aliphatic heterocycles. The average Bonchev–Trinajstić information content (AvgIpc) is 3.88. The van der Waals surface area contributed by atoms with Crippen LogP contribution in [-0.4, -0.2) is 196 Å². The number of nitrogens with one attached hydrogen (secondary N) is 1. The van der Waals surface area contributed by atoms with Crippen LogP contribution in [0.1, 0.15) is 15.9 Å². The Kier molecular flexibility index (Phi) is 30.8. The number of nitrogens with zero attached hydrogens (tertiary/aromatic N) is 2. The van der Waals surface area contributed by atoms with Gasteiger partial charge in [0.2, 0.25) is 0 Å². The van der Waals surface area contributed by atoms with E-state index in [0.717, 1.165) is 43.2 Å². The minimum atomic E-state index is -0.551. The van der Waals surface area contributed by atoms with Gasteiger partial charge >= 0.3 is 12.1 Å². The second-order valence-electron chi connectivity index (χ2n) is 16.3. The van der Waals surface area contributed by atoms with E-state index in [1.807, 2.05) is 42.5 Å². The molecule has 1 N–H and O–H groups in total. The van der Waals surface area contributed by atoms with Crippen molar-refractivity contribution in [3.05, 3.63) is 103 Å². The maximum Gasteiger partial charge on any atom is 0.414 e. The lowest BCUT2D eigenvalue weighted by Gasteiger charge is -2.18. The van der Waals surface area contributed by atoms with Crippen LogP contribution in [0.15, 0.2) is 91.5 Å². The van der Waals surface area contributed by atoms with Crippen LogP contribution in [0.2, 0.25) is 0 Å². The number of amides is 2. The number of carbonyl (C=O) groups is 3. The van der Waals surface area contributed by atoms with E-state index >= 15 is 0 Å². The highest BCUT2D eigenvalue weighted by molar-refractivity contribution is 7.21. The van der Waals surface area contributed by atoms with Crippen LogP contribution in [0.4, 0.5) is 10.5 Å². The molecule has 1 aromatic heterocycles. The number of ether oxygens (including phenoxy) is 14.